The van der Waals surface area contributed by atoms with Crippen molar-refractivity contribution in [3.8, 4) is 0 Å². The smallest absolute Gasteiger partial charge is 0.265 e. The second-order valence-electron chi connectivity index (χ2n) is 3.74. The predicted octanol–water partition coefficient (Wildman–Crippen LogP) is 2.44. The van der Waals surface area contributed by atoms with E-state index in [9.17, 15) is 17.6 Å². The Hall–Kier alpha value is -1.48. The summed E-state index contributed by atoms with van der Waals surface area (Å²) < 4.78 is 36.2. The minimum atomic E-state index is -3.99. The summed E-state index contributed by atoms with van der Waals surface area (Å²) in [5.41, 5.74) is -0.146. The van der Waals surface area contributed by atoms with E-state index in [0.717, 1.165) is 29.5 Å². The number of carbonyl (C=O) groups excluding carboxylic acids is 1. The molecule has 0 saturated heterocycles. The van der Waals surface area contributed by atoms with E-state index in [1.54, 1.807) is 6.07 Å². The Kier molecular flexibility index (Phi) is 4.09. The molecule has 3 N–H and O–H groups in total. The number of amides is 1. The van der Waals surface area contributed by atoms with Crippen LogP contribution in [0.4, 0.5) is 10.1 Å². The van der Waals surface area contributed by atoms with Crippen LogP contribution in [0.25, 0.3) is 0 Å². The summed E-state index contributed by atoms with van der Waals surface area (Å²) in [5.74, 6) is -1.43. The van der Waals surface area contributed by atoms with Crippen molar-refractivity contribution in [3.63, 3.8) is 0 Å². The average Bonchev–Trinajstić information content (AvgIpc) is 2.77. The lowest BCUT2D eigenvalue weighted by atomic mass is 10.3. The molecule has 9 heteroatoms. The molecule has 0 radical (unpaired) electrons. The van der Waals surface area contributed by atoms with Crippen molar-refractivity contribution in [2.45, 2.75) is 4.90 Å². The normalized spacial score (nSPS) is 11.3. The van der Waals surface area contributed by atoms with Gasteiger partial charge < -0.3 is 5.32 Å². The lowest BCUT2D eigenvalue weighted by molar-refractivity contribution is 0.103. The number of nitrogens with one attached hydrogen (secondary N) is 1. The Morgan fingerprint density at radius 2 is 2.00 bits per heavy atom. The number of sulfonamides is 1. The number of carbonyl (C=O) groups is 1. The largest absolute Gasteiger partial charge is 0.319 e. The summed E-state index contributed by atoms with van der Waals surface area (Å²) >= 11 is 6.74. The van der Waals surface area contributed by atoms with E-state index in [-0.39, 0.29) is 10.6 Å². The van der Waals surface area contributed by atoms with Gasteiger partial charge in [0.2, 0.25) is 10.0 Å². The third-order valence-electron chi connectivity index (χ3n) is 2.31. The molecule has 1 aromatic carbocycles. The maximum absolute atomic E-state index is 13.7. The molecule has 0 aliphatic heterocycles. The highest BCUT2D eigenvalue weighted by atomic mass is 35.5. The van der Waals surface area contributed by atoms with Crippen LogP contribution in [-0.2, 0) is 10.0 Å². The van der Waals surface area contributed by atoms with Gasteiger partial charge in [-0.1, -0.05) is 11.6 Å². The SMILES string of the molecule is NS(=O)(=O)c1ccc(NC(=O)c2ccc(Cl)s2)c(F)c1. The van der Waals surface area contributed by atoms with Gasteiger partial charge in [-0.05, 0) is 30.3 Å². The standard InChI is InChI=1S/C11H8ClFN2O3S2/c12-10-4-3-9(19-10)11(16)15-8-2-1-6(5-7(8)13)20(14,17)18/h1-5H,(H,15,16)(H2,14,17,18). The van der Waals surface area contributed by atoms with Gasteiger partial charge in [-0.2, -0.15) is 0 Å². The molecule has 5 nitrogen and oxygen atoms in total. The number of rotatable bonds is 3. The molecule has 0 aliphatic rings. The van der Waals surface area contributed by atoms with Crippen molar-refractivity contribution in [1.29, 1.82) is 0 Å². The number of thiophene rings is 1. The van der Waals surface area contributed by atoms with Gasteiger partial charge in [0, 0.05) is 0 Å². The van der Waals surface area contributed by atoms with E-state index in [0.29, 0.717) is 9.21 Å². The highest BCUT2D eigenvalue weighted by molar-refractivity contribution is 7.89. The summed E-state index contributed by atoms with van der Waals surface area (Å²) in [7, 11) is -3.99. The molecule has 1 amide bonds. The summed E-state index contributed by atoms with van der Waals surface area (Å²) in [4.78, 5) is 11.7. The minimum absolute atomic E-state index is 0.146. The molecule has 1 heterocycles. The zero-order valence-electron chi connectivity index (χ0n) is 9.76. The first kappa shape index (κ1) is 14.9. The molecule has 2 aromatic rings. The van der Waals surface area contributed by atoms with Crippen LogP contribution in [0.2, 0.25) is 4.34 Å². The summed E-state index contributed by atoms with van der Waals surface area (Å²) in [6, 6.07) is 6.02. The highest BCUT2D eigenvalue weighted by Gasteiger charge is 2.14. The minimum Gasteiger partial charge on any atom is -0.319 e. The zero-order valence-corrected chi connectivity index (χ0v) is 12.2. The van der Waals surface area contributed by atoms with E-state index < -0.39 is 21.7 Å². The molecule has 0 unspecified atom stereocenters. The van der Waals surface area contributed by atoms with Crippen molar-refractivity contribution in [1.82, 2.24) is 0 Å². The summed E-state index contributed by atoms with van der Waals surface area (Å²) in [6.45, 7) is 0. The Bertz CT molecular complexity index is 774. The average molecular weight is 335 g/mol. The molecular formula is C11H8ClFN2O3S2. The van der Waals surface area contributed by atoms with Gasteiger partial charge in [0.05, 0.1) is 19.8 Å². The Morgan fingerprint density at radius 3 is 2.50 bits per heavy atom. The summed E-state index contributed by atoms with van der Waals surface area (Å²) in [5, 5.41) is 7.20. The molecule has 0 bridgehead atoms. The van der Waals surface area contributed by atoms with E-state index in [4.69, 9.17) is 16.7 Å². The fraction of sp³-hybridized carbons (Fsp3) is 0. The van der Waals surface area contributed by atoms with Crippen LogP contribution in [0.1, 0.15) is 9.67 Å². The first-order valence-electron chi connectivity index (χ1n) is 5.16. The first-order valence-corrected chi connectivity index (χ1v) is 7.90. The second-order valence-corrected chi connectivity index (χ2v) is 7.02. The molecule has 1 aromatic heterocycles. The topological polar surface area (TPSA) is 89.3 Å². The molecule has 0 atom stereocenters. The Morgan fingerprint density at radius 1 is 1.30 bits per heavy atom. The second kappa shape index (κ2) is 5.49. The molecule has 0 fully saturated rings. The maximum atomic E-state index is 13.7. The van der Waals surface area contributed by atoms with E-state index in [1.807, 2.05) is 0 Å². The van der Waals surface area contributed by atoms with Crippen molar-refractivity contribution in [3.05, 3.63) is 45.4 Å². The van der Waals surface area contributed by atoms with Gasteiger partial charge in [0.15, 0.2) is 0 Å². The van der Waals surface area contributed by atoms with E-state index in [1.165, 1.54) is 6.07 Å². The Labute approximate surface area is 123 Å². The van der Waals surface area contributed by atoms with Crippen molar-refractivity contribution >= 4 is 44.6 Å². The van der Waals surface area contributed by atoms with Gasteiger partial charge in [-0.15, -0.1) is 11.3 Å². The van der Waals surface area contributed by atoms with Crippen LogP contribution in [0.3, 0.4) is 0 Å². The zero-order chi connectivity index (χ0) is 14.9. The number of hydrogen-bond donors (Lipinski definition) is 2. The first-order chi connectivity index (χ1) is 9.27. The number of benzene rings is 1. The van der Waals surface area contributed by atoms with Crippen LogP contribution in [0.5, 0.6) is 0 Å². The fourth-order valence-electron chi connectivity index (χ4n) is 1.39. The maximum Gasteiger partial charge on any atom is 0.265 e. The molecule has 20 heavy (non-hydrogen) atoms. The van der Waals surface area contributed by atoms with Crippen LogP contribution in [0.15, 0.2) is 35.2 Å². The van der Waals surface area contributed by atoms with Crippen LogP contribution in [-0.4, -0.2) is 14.3 Å². The van der Waals surface area contributed by atoms with Crippen molar-refractivity contribution in [2.75, 3.05) is 5.32 Å². The van der Waals surface area contributed by atoms with Gasteiger partial charge in [-0.25, -0.2) is 17.9 Å². The van der Waals surface area contributed by atoms with Crippen molar-refractivity contribution < 1.29 is 17.6 Å². The predicted molar refractivity (Wildman–Crippen MR) is 75.1 cm³/mol. The monoisotopic (exact) mass is 334 g/mol. The summed E-state index contributed by atoms with van der Waals surface area (Å²) in [6.07, 6.45) is 0. The van der Waals surface area contributed by atoms with E-state index >= 15 is 0 Å². The lowest BCUT2D eigenvalue weighted by Crippen LogP contribution is -2.14. The fourth-order valence-corrected chi connectivity index (χ4v) is 2.86. The Balaban J connectivity index is 2.25. The van der Waals surface area contributed by atoms with Crippen LogP contribution >= 0.6 is 22.9 Å². The lowest BCUT2D eigenvalue weighted by Gasteiger charge is -2.06. The number of primary sulfonamides is 1. The quantitative estimate of drug-likeness (QED) is 0.903. The van der Waals surface area contributed by atoms with Gasteiger partial charge in [0.1, 0.15) is 5.82 Å². The molecule has 0 saturated carbocycles. The molecule has 0 spiro atoms. The third kappa shape index (κ3) is 3.34. The molecule has 0 aliphatic carbocycles. The van der Waals surface area contributed by atoms with Crippen LogP contribution < -0.4 is 10.5 Å². The van der Waals surface area contributed by atoms with Gasteiger partial charge in [0.25, 0.3) is 5.91 Å². The number of nitrogens with two attached hydrogens (primary N) is 1. The van der Waals surface area contributed by atoms with E-state index in [2.05, 4.69) is 5.32 Å². The highest BCUT2D eigenvalue weighted by Crippen LogP contribution is 2.24. The molecule has 2 rings (SSSR count). The van der Waals surface area contributed by atoms with Crippen molar-refractivity contribution in [2.24, 2.45) is 5.14 Å². The van der Waals surface area contributed by atoms with Gasteiger partial charge in [-0.3, -0.25) is 4.79 Å². The third-order valence-corrected chi connectivity index (χ3v) is 4.46. The number of anilines is 1. The number of hydrogen-bond acceptors (Lipinski definition) is 4. The number of halogens is 2. The molecule has 106 valence electrons. The van der Waals surface area contributed by atoms with Crippen LogP contribution in [0, 0.1) is 5.82 Å². The molecular weight excluding hydrogens is 327 g/mol. The van der Waals surface area contributed by atoms with Gasteiger partial charge >= 0.3 is 0 Å².